The van der Waals surface area contributed by atoms with E-state index >= 15 is 0 Å². The quantitative estimate of drug-likeness (QED) is 0.492. The third-order valence-electron chi connectivity index (χ3n) is 1.32. The Kier molecular flexibility index (Phi) is 5.70. The third kappa shape index (κ3) is 7.97. The second-order valence-electron chi connectivity index (χ2n) is 2.84. The fraction of sp³-hybridized carbons (Fsp3) is 0.500. The van der Waals surface area contributed by atoms with E-state index in [2.05, 4.69) is 22.0 Å². The molecule has 18 heavy (non-hydrogen) atoms. The van der Waals surface area contributed by atoms with E-state index in [4.69, 9.17) is 5.73 Å². The van der Waals surface area contributed by atoms with Crippen LogP contribution in [0.4, 0.5) is 18.0 Å². The molecule has 0 aliphatic heterocycles. The van der Waals surface area contributed by atoms with Gasteiger partial charge in [-0.25, -0.2) is 9.52 Å². The number of carbonyl (C=O) groups excluding carboxylic acids is 1. The highest BCUT2D eigenvalue weighted by molar-refractivity contribution is 8.12. The molecule has 0 bridgehead atoms. The number of carbonyl (C=O) groups is 1. The van der Waals surface area contributed by atoms with Crippen LogP contribution >= 0.6 is 10.7 Å². The standard InChI is InChI=1S/C6H9ClF3N3O4S/c1-3(6(8,9)10)12-2-4(11)17-5(14)13-18(7,15)16/h4,12H,1-2,11H2,(H,13,14). The molecule has 0 saturated carbocycles. The molecule has 0 aromatic heterocycles. The van der Waals surface area contributed by atoms with Gasteiger partial charge in [0, 0.05) is 10.7 Å². The average molecular weight is 312 g/mol. The highest BCUT2D eigenvalue weighted by Gasteiger charge is 2.32. The van der Waals surface area contributed by atoms with Gasteiger partial charge in [-0.2, -0.15) is 21.6 Å². The molecule has 0 aliphatic carbocycles. The Balaban J connectivity index is 4.10. The van der Waals surface area contributed by atoms with Crippen LogP contribution in [0.25, 0.3) is 0 Å². The number of allylic oxidation sites excluding steroid dienone is 1. The van der Waals surface area contributed by atoms with Gasteiger partial charge in [0.1, 0.15) is 5.70 Å². The summed E-state index contributed by atoms with van der Waals surface area (Å²) in [7, 11) is 0.290. The molecule has 1 unspecified atom stereocenters. The summed E-state index contributed by atoms with van der Waals surface area (Å²) in [6.45, 7) is 2.05. The van der Waals surface area contributed by atoms with E-state index < -0.39 is 40.0 Å². The maximum absolute atomic E-state index is 12.0. The number of nitrogens with two attached hydrogens (primary N) is 1. The minimum atomic E-state index is -4.67. The molecule has 0 fully saturated rings. The molecule has 0 aromatic rings. The van der Waals surface area contributed by atoms with Crippen LogP contribution in [0.2, 0.25) is 0 Å². The number of amides is 1. The first-order chi connectivity index (χ1) is 7.92. The van der Waals surface area contributed by atoms with E-state index in [0.29, 0.717) is 0 Å². The van der Waals surface area contributed by atoms with Crippen molar-refractivity contribution in [2.45, 2.75) is 12.4 Å². The summed E-state index contributed by atoms with van der Waals surface area (Å²) < 4.78 is 62.0. The second kappa shape index (κ2) is 6.11. The minimum absolute atomic E-state index is 0.617. The second-order valence-corrected chi connectivity index (χ2v) is 5.14. The van der Waals surface area contributed by atoms with E-state index in [-0.39, 0.29) is 0 Å². The molecule has 0 radical (unpaired) electrons. The van der Waals surface area contributed by atoms with Crippen molar-refractivity contribution >= 4 is 26.0 Å². The summed E-state index contributed by atoms with van der Waals surface area (Å²) in [5.41, 5.74) is 3.81. The Morgan fingerprint density at radius 3 is 2.39 bits per heavy atom. The number of nitrogens with one attached hydrogen (secondary N) is 2. The van der Waals surface area contributed by atoms with Gasteiger partial charge in [0.2, 0.25) is 0 Å². The first kappa shape index (κ1) is 16.8. The first-order valence-corrected chi connectivity index (χ1v) is 6.41. The normalized spacial score (nSPS) is 13.6. The molecule has 4 N–H and O–H groups in total. The number of halogens is 4. The van der Waals surface area contributed by atoms with Gasteiger partial charge in [-0.1, -0.05) is 6.58 Å². The molecule has 0 heterocycles. The Labute approximate surface area is 105 Å². The van der Waals surface area contributed by atoms with E-state index in [1.165, 1.54) is 4.72 Å². The average Bonchev–Trinajstić information content (AvgIpc) is 2.08. The smallest absolute Gasteiger partial charge is 0.428 e. The lowest BCUT2D eigenvalue weighted by Crippen LogP contribution is -2.42. The number of alkyl halides is 3. The van der Waals surface area contributed by atoms with E-state index in [9.17, 15) is 26.4 Å². The fourth-order valence-electron chi connectivity index (χ4n) is 0.627. The molecule has 12 heteroatoms. The van der Waals surface area contributed by atoms with Gasteiger partial charge in [-0.05, 0) is 0 Å². The zero-order valence-electron chi connectivity index (χ0n) is 8.62. The van der Waals surface area contributed by atoms with Gasteiger partial charge in [-0.15, -0.1) is 0 Å². The van der Waals surface area contributed by atoms with Gasteiger partial charge in [0.05, 0.1) is 6.54 Å². The summed E-state index contributed by atoms with van der Waals surface area (Å²) in [5.74, 6) is 0. The first-order valence-electron chi connectivity index (χ1n) is 4.10. The Morgan fingerprint density at radius 1 is 1.50 bits per heavy atom. The predicted octanol–water partition coefficient (Wildman–Crippen LogP) is 0.147. The van der Waals surface area contributed by atoms with Crippen LogP contribution in [0.1, 0.15) is 0 Å². The van der Waals surface area contributed by atoms with Crippen molar-refractivity contribution in [1.29, 1.82) is 0 Å². The van der Waals surface area contributed by atoms with Crippen molar-refractivity contribution in [3.05, 3.63) is 12.3 Å². The fourth-order valence-corrected chi connectivity index (χ4v) is 1.06. The molecular weight excluding hydrogens is 303 g/mol. The van der Waals surface area contributed by atoms with E-state index in [0.717, 1.165) is 0 Å². The van der Waals surface area contributed by atoms with Gasteiger partial charge in [-0.3, -0.25) is 5.73 Å². The largest absolute Gasteiger partial charge is 0.430 e. The molecule has 1 atom stereocenters. The zero-order chi connectivity index (χ0) is 14.6. The van der Waals surface area contributed by atoms with Crippen molar-refractivity contribution < 1.29 is 31.1 Å². The van der Waals surface area contributed by atoms with Crippen molar-refractivity contribution in [2.24, 2.45) is 5.73 Å². The van der Waals surface area contributed by atoms with E-state index in [1.54, 1.807) is 5.32 Å². The van der Waals surface area contributed by atoms with Crippen molar-refractivity contribution in [2.75, 3.05) is 6.54 Å². The van der Waals surface area contributed by atoms with Crippen molar-refractivity contribution in [3.63, 3.8) is 0 Å². The lowest BCUT2D eigenvalue weighted by molar-refractivity contribution is -0.0968. The zero-order valence-corrected chi connectivity index (χ0v) is 10.2. The Bertz CT molecular complexity index is 424. The van der Waals surface area contributed by atoms with Crippen LogP contribution in [0.15, 0.2) is 12.3 Å². The number of hydrogen-bond acceptors (Lipinski definition) is 6. The molecule has 106 valence electrons. The van der Waals surface area contributed by atoms with Gasteiger partial charge in [0.25, 0.3) is 0 Å². The number of ether oxygens (including phenoxy) is 1. The van der Waals surface area contributed by atoms with Gasteiger partial charge < -0.3 is 10.1 Å². The molecule has 1 amide bonds. The van der Waals surface area contributed by atoms with E-state index in [1.807, 2.05) is 0 Å². The number of rotatable bonds is 5. The SMILES string of the molecule is C=C(NCC(N)OC(=O)NS(=O)(=O)Cl)C(F)(F)F. The van der Waals surface area contributed by atoms with Crippen LogP contribution in [-0.4, -0.2) is 33.5 Å². The highest BCUT2D eigenvalue weighted by atomic mass is 35.7. The van der Waals surface area contributed by atoms with Crippen molar-refractivity contribution in [3.8, 4) is 0 Å². The Hall–Kier alpha value is -1.20. The lowest BCUT2D eigenvalue weighted by Gasteiger charge is -2.16. The molecular formula is C6H9ClF3N3O4S. The van der Waals surface area contributed by atoms with Crippen LogP contribution in [0.5, 0.6) is 0 Å². The number of hydrogen-bond donors (Lipinski definition) is 3. The maximum Gasteiger partial charge on any atom is 0.430 e. The predicted molar refractivity (Wildman–Crippen MR) is 55.6 cm³/mol. The lowest BCUT2D eigenvalue weighted by atomic mass is 10.4. The van der Waals surface area contributed by atoms with Crippen LogP contribution in [0.3, 0.4) is 0 Å². The summed E-state index contributed by atoms with van der Waals surface area (Å²) >= 11 is 0. The molecule has 0 spiro atoms. The molecule has 0 rings (SSSR count). The molecule has 0 aromatic carbocycles. The highest BCUT2D eigenvalue weighted by Crippen LogP contribution is 2.21. The Morgan fingerprint density at radius 2 is 2.00 bits per heavy atom. The van der Waals surface area contributed by atoms with Gasteiger partial charge >= 0.3 is 21.5 Å². The maximum atomic E-state index is 12.0. The van der Waals surface area contributed by atoms with Crippen LogP contribution in [0, 0.1) is 0 Å². The molecule has 7 nitrogen and oxygen atoms in total. The summed E-state index contributed by atoms with van der Waals surface area (Å²) in [4.78, 5) is 10.8. The third-order valence-corrected chi connectivity index (χ3v) is 1.96. The van der Waals surface area contributed by atoms with Gasteiger partial charge in [0.15, 0.2) is 6.23 Å². The van der Waals surface area contributed by atoms with Crippen LogP contribution < -0.4 is 15.8 Å². The minimum Gasteiger partial charge on any atom is -0.428 e. The topological polar surface area (TPSA) is 111 Å². The summed E-state index contributed by atoms with van der Waals surface area (Å²) in [6, 6.07) is 0. The molecule has 0 saturated heterocycles. The monoisotopic (exact) mass is 311 g/mol. The van der Waals surface area contributed by atoms with Crippen molar-refractivity contribution in [1.82, 2.24) is 10.0 Å². The summed E-state index contributed by atoms with van der Waals surface area (Å²) in [6.07, 6.45) is -7.71. The summed E-state index contributed by atoms with van der Waals surface area (Å²) in [5, 5.41) is 1.76. The molecule has 0 aliphatic rings. The van der Waals surface area contributed by atoms with Crippen LogP contribution in [-0.2, 0) is 14.0 Å².